The standard InChI is InChI=1S/C34H35Cl2N5O7S/c35-24-10-4-11-25(36)30(24)33(46)48-20-22(42)19-27(21-7-2-1-3-8-21)38-31(44)28-12-5-17-40-29(43)14-13-26(32(45)41(28)40)39-34(47)37-16-15-23-9-6-18-49-23/h1-4,6-11,18,26-28H,5,12-17,19-20H2,(H,38,44)(H2,37,39,47)/t26?,27?,28-/m0/s1. The highest BCUT2D eigenvalue weighted by Gasteiger charge is 2.45. The van der Waals surface area contributed by atoms with Gasteiger partial charge in [-0.3, -0.25) is 24.2 Å². The number of thiophene rings is 1. The number of Topliss-reactive ketones (excluding diaryl/α,β-unsaturated/α-hetero) is 1. The fourth-order valence-corrected chi connectivity index (χ4v) is 7.03. The fourth-order valence-electron chi connectivity index (χ4n) is 5.77. The van der Waals surface area contributed by atoms with Crippen molar-refractivity contribution in [1.82, 2.24) is 26.0 Å². The lowest BCUT2D eigenvalue weighted by Crippen LogP contribution is -2.64. The average Bonchev–Trinajstić information content (AvgIpc) is 3.58. The third-order valence-corrected chi connectivity index (χ3v) is 9.75. The van der Waals surface area contributed by atoms with Crippen LogP contribution < -0.4 is 16.0 Å². The molecule has 2 fully saturated rings. The zero-order valence-electron chi connectivity index (χ0n) is 26.4. The molecule has 12 nitrogen and oxygen atoms in total. The van der Waals surface area contributed by atoms with E-state index in [9.17, 15) is 28.8 Å². The Labute approximate surface area is 297 Å². The Kier molecular flexibility index (Phi) is 12.3. The van der Waals surface area contributed by atoms with Crippen molar-refractivity contribution in [2.45, 2.75) is 56.7 Å². The van der Waals surface area contributed by atoms with Gasteiger partial charge in [-0.25, -0.2) is 14.6 Å². The number of carbonyl (C=O) groups excluding carboxylic acids is 6. The summed E-state index contributed by atoms with van der Waals surface area (Å²) in [5.74, 6) is -2.84. The molecule has 0 radical (unpaired) electrons. The van der Waals surface area contributed by atoms with Gasteiger partial charge >= 0.3 is 12.0 Å². The molecule has 1 aromatic heterocycles. The molecular weight excluding hydrogens is 693 g/mol. The number of nitrogens with zero attached hydrogens (tertiary/aromatic N) is 2. The molecule has 3 aromatic rings. The molecule has 3 atom stereocenters. The predicted octanol–water partition coefficient (Wildman–Crippen LogP) is 4.47. The van der Waals surface area contributed by atoms with Crippen LogP contribution in [0.4, 0.5) is 4.79 Å². The number of rotatable bonds is 12. The minimum absolute atomic E-state index is 0.00991. The molecule has 0 spiro atoms. The van der Waals surface area contributed by atoms with Crippen molar-refractivity contribution in [3.8, 4) is 0 Å². The Morgan fingerprint density at radius 2 is 1.71 bits per heavy atom. The molecule has 15 heteroatoms. The number of fused-ring (bicyclic) bond motifs is 1. The lowest BCUT2D eigenvalue weighted by molar-refractivity contribution is -0.176. The maximum Gasteiger partial charge on any atom is 0.341 e. The highest BCUT2D eigenvalue weighted by atomic mass is 35.5. The number of amides is 5. The molecule has 2 aromatic carbocycles. The van der Waals surface area contributed by atoms with E-state index in [1.54, 1.807) is 47.7 Å². The highest BCUT2D eigenvalue weighted by Crippen LogP contribution is 2.27. The Balaban J connectivity index is 1.26. The summed E-state index contributed by atoms with van der Waals surface area (Å²) in [5.41, 5.74) is 0.545. The molecular formula is C34H35Cl2N5O7S. The van der Waals surface area contributed by atoms with Crippen molar-refractivity contribution in [3.05, 3.63) is 92.1 Å². The first-order valence-corrected chi connectivity index (χ1v) is 17.4. The van der Waals surface area contributed by atoms with Gasteiger partial charge in [0, 0.05) is 30.8 Å². The number of urea groups is 1. The molecule has 0 saturated carbocycles. The normalized spacial score (nSPS) is 18.2. The van der Waals surface area contributed by atoms with Crippen LogP contribution in [0.25, 0.3) is 0 Å². The maximum absolute atomic E-state index is 13.9. The van der Waals surface area contributed by atoms with Gasteiger partial charge in [-0.15, -0.1) is 11.3 Å². The number of carbonyl (C=O) groups is 6. The number of hydrogen-bond donors (Lipinski definition) is 3. The molecule has 3 N–H and O–H groups in total. The molecule has 258 valence electrons. The van der Waals surface area contributed by atoms with E-state index in [1.807, 2.05) is 17.5 Å². The number of hydrazine groups is 1. The van der Waals surface area contributed by atoms with Gasteiger partial charge in [0.1, 0.15) is 18.7 Å². The van der Waals surface area contributed by atoms with Crippen LogP contribution in [0.15, 0.2) is 66.0 Å². The van der Waals surface area contributed by atoms with Gasteiger partial charge in [0.15, 0.2) is 5.78 Å². The van der Waals surface area contributed by atoms with Crippen LogP contribution in [0.3, 0.4) is 0 Å². The maximum atomic E-state index is 13.9. The monoisotopic (exact) mass is 727 g/mol. The quantitative estimate of drug-likeness (QED) is 0.233. The number of hydrogen-bond acceptors (Lipinski definition) is 8. The molecule has 2 aliphatic rings. The first-order chi connectivity index (χ1) is 23.6. The SMILES string of the molecule is O=C(COC(=O)c1c(Cl)cccc1Cl)CC(NC(=O)[C@@H]1CCCN2C(=O)CCC(NC(=O)NCCc3cccs3)C(=O)N12)c1ccccc1. The van der Waals surface area contributed by atoms with Crippen molar-refractivity contribution in [2.24, 2.45) is 0 Å². The van der Waals surface area contributed by atoms with Crippen LogP contribution in [0.5, 0.6) is 0 Å². The molecule has 2 unspecified atom stereocenters. The molecule has 2 aliphatic heterocycles. The largest absolute Gasteiger partial charge is 0.454 e. The lowest BCUT2D eigenvalue weighted by Gasteiger charge is -2.43. The lowest BCUT2D eigenvalue weighted by atomic mass is 9.99. The van der Waals surface area contributed by atoms with Gasteiger partial charge < -0.3 is 20.7 Å². The van der Waals surface area contributed by atoms with Crippen molar-refractivity contribution in [3.63, 3.8) is 0 Å². The van der Waals surface area contributed by atoms with Crippen LogP contribution in [-0.2, 0) is 30.3 Å². The number of ether oxygens (including phenoxy) is 1. The van der Waals surface area contributed by atoms with E-state index in [0.29, 0.717) is 24.9 Å². The Morgan fingerprint density at radius 1 is 0.959 bits per heavy atom. The smallest absolute Gasteiger partial charge is 0.341 e. The second-order valence-corrected chi connectivity index (χ2v) is 13.4. The van der Waals surface area contributed by atoms with Crippen LogP contribution in [0.2, 0.25) is 10.0 Å². The second-order valence-electron chi connectivity index (χ2n) is 11.6. The first kappa shape index (κ1) is 35.8. The number of benzene rings is 2. The summed E-state index contributed by atoms with van der Waals surface area (Å²) >= 11 is 13.8. The summed E-state index contributed by atoms with van der Waals surface area (Å²) in [7, 11) is 0. The van der Waals surface area contributed by atoms with E-state index in [1.165, 1.54) is 17.1 Å². The number of nitrogens with one attached hydrogen (secondary N) is 3. The van der Waals surface area contributed by atoms with E-state index in [0.717, 1.165) is 9.89 Å². The van der Waals surface area contributed by atoms with E-state index in [4.69, 9.17) is 27.9 Å². The second kappa shape index (κ2) is 16.8. The molecule has 0 bridgehead atoms. The number of halogens is 2. The Morgan fingerprint density at radius 3 is 2.43 bits per heavy atom. The van der Waals surface area contributed by atoms with E-state index >= 15 is 0 Å². The summed E-state index contributed by atoms with van der Waals surface area (Å²) in [6, 6.07) is 13.7. The zero-order chi connectivity index (χ0) is 34.9. The third kappa shape index (κ3) is 9.17. The van der Waals surface area contributed by atoms with E-state index < -0.39 is 54.3 Å². The number of esters is 1. The summed E-state index contributed by atoms with van der Waals surface area (Å²) in [6.07, 6.45) is 1.20. The van der Waals surface area contributed by atoms with Crippen molar-refractivity contribution >= 4 is 70.0 Å². The van der Waals surface area contributed by atoms with Gasteiger partial charge in [0.05, 0.1) is 21.7 Å². The van der Waals surface area contributed by atoms with Gasteiger partial charge in [0.2, 0.25) is 11.8 Å². The van der Waals surface area contributed by atoms with Gasteiger partial charge in [-0.1, -0.05) is 65.7 Å². The van der Waals surface area contributed by atoms with Crippen LogP contribution >= 0.6 is 34.5 Å². The molecule has 2 saturated heterocycles. The third-order valence-electron chi connectivity index (χ3n) is 8.19. The van der Waals surface area contributed by atoms with E-state index in [-0.39, 0.29) is 53.7 Å². The molecule has 49 heavy (non-hydrogen) atoms. The molecule has 5 rings (SSSR count). The number of ketones is 1. The van der Waals surface area contributed by atoms with Crippen LogP contribution in [-0.4, -0.2) is 77.3 Å². The first-order valence-electron chi connectivity index (χ1n) is 15.8. The Bertz CT molecular complexity index is 1670. The predicted molar refractivity (Wildman–Crippen MR) is 183 cm³/mol. The molecule has 5 amide bonds. The summed E-state index contributed by atoms with van der Waals surface area (Å²) in [5, 5.41) is 12.9. The van der Waals surface area contributed by atoms with Gasteiger partial charge in [-0.05, 0) is 54.8 Å². The fraction of sp³-hybridized carbons (Fsp3) is 0.353. The Hall–Kier alpha value is -4.46. The topological polar surface area (TPSA) is 154 Å². The molecule has 3 heterocycles. The summed E-state index contributed by atoms with van der Waals surface area (Å²) < 4.78 is 5.20. The van der Waals surface area contributed by atoms with Gasteiger partial charge in [0.25, 0.3) is 5.91 Å². The summed E-state index contributed by atoms with van der Waals surface area (Å²) in [6.45, 7) is 0.00769. The molecule has 0 aliphatic carbocycles. The van der Waals surface area contributed by atoms with Crippen molar-refractivity contribution < 1.29 is 33.5 Å². The van der Waals surface area contributed by atoms with Crippen LogP contribution in [0, 0.1) is 0 Å². The minimum Gasteiger partial charge on any atom is -0.454 e. The minimum atomic E-state index is -1.07. The van der Waals surface area contributed by atoms with Crippen LogP contribution in [0.1, 0.15) is 58.9 Å². The van der Waals surface area contributed by atoms with Crippen molar-refractivity contribution in [2.75, 3.05) is 19.7 Å². The zero-order valence-corrected chi connectivity index (χ0v) is 28.7. The summed E-state index contributed by atoms with van der Waals surface area (Å²) in [4.78, 5) is 80.5. The van der Waals surface area contributed by atoms with E-state index in [2.05, 4.69) is 16.0 Å². The highest BCUT2D eigenvalue weighted by molar-refractivity contribution is 7.09. The van der Waals surface area contributed by atoms with Crippen molar-refractivity contribution in [1.29, 1.82) is 0 Å². The van der Waals surface area contributed by atoms with Gasteiger partial charge in [-0.2, -0.15) is 0 Å². The average molecular weight is 729 g/mol.